The molecule has 1 aromatic heterocycles. The molecule has 0 aliphatic carbocycles. The van der Waals surface area contributed by atoms with Gasteiger partial charge in [0.1, 0.15) is 0 Å². The maximum atomic E-state index is 5.49. The molecular formula is C16H29N5O. The van der Waals surface area contributed by atoms with Crippen LogP contribution in [0.15, 0.2) is 4.42 Å². The van der Waals surface area contributed by atoms with Gasteiger partial charge in [0.15, 0.2) is 0 Å². The average molecular weight is 307 g/mol. The predicted molar refractivity (Wildman–Crippen MR) is 85.6 cm³/mol. The van der Waals surface area contributed by atoms with Gasteiger partial charge in [0.05, 0.1) is 6.54 Å². The fraction of sp³-hybridized carbons (Fsp3) is 0.875. The van der Waals surface area contributed by atoms with E-state index in [1.54, 1.807) is 0 Å². The van der Waals surface area contributed by atoms with Crippen LogP contribution >= 0.6 is 0 Å². The van der Waals surface area contributed by atoms with E-state index in [-0.39, 0.29) is 0 Å². The molecule has 0 aromatic carbocycles. The van der Waals surface area contributed by atoms with Gasteiger partial charge in [-0.15, -0.1) is 10.2 Å². The zero-order valence-electron chi connectivity index (χ0n) is 14.2. The number of nitrogens with zero attached hydrogens (tertiary/aromatic N) is 5. The molecule has 0 N–H and O–H groups in total. The van der Waals surface area contributed by atoms with E-state index in [0.29, 0.717) is 11.9 Å². The Bertz CT molecular complexity index is 461. The van der Waals surface area contributed by atoms with Crippen LogP contribution in [0.2, 0.25) is 0 Å². The number of rotatable bonds is 4. The second-order valence-corrected chi connectivity index (χ2v) is 6.91. The summed E-state index contributed by atoms with van der Waals surface area (Å²) in [6.07, 6.45) is 2.56. The summed E-state index contributed by atoms with van der Waals surface area (Å²) in [4.78, 5) is 7.56. The summed E-state index contributed by atoms with van der Waals surface area (Å²) in [6, 6.07) is 0.710. The van der Waals surface area contributed by atoms with Gasteiger partial charge in [0, 0.05) is 39.1 Å². The van der Waals surface area contributed by atoms with Crippen LogP contribution in [-0.2, 0) is 6.54 Å². The number of likely N-dealkylation sites (tertiary alicyclic amines) is 1. The third-order valence-corrected chi connectivity index (χ3v) is 5.36. The third-order valence-electron chi connectivity index (χ3n) is 5.36. The number of aromatic nitrogens is 2. The minimum atomic E-state index is 0.661. The van der Waals surface area contributed by atoms with Gasteiger partial charge in [-0.3, -0.25) is 9.80 Å². The van der Waals surface area contributed by atoms with Crippen molar-refractivity contribution < 1.29 is 4.42 Å². The molecule has 124 valence electrons. The van der Waals surface area contributed by atoms with E-state index in [2.05, 4.69) is 38.9 Å². The second-order valence-electron chi connectivity index (χ2n) is 6.91. The first-order valence-corrected chi connectivity index (χ1v) is 8.56. The van der Waals surface area contributed by atoms with Crippen LogP contribution in [-0.4, -0.2) is 77.3 Å². The van der Waals surface area contributed by atoms with E-state index < -0.39 is 0 Å². The number of hydrogen-bond donors (Lipinski definition) is 0. The summed E-state index contributed by atoms with van der Waals surface area (Å²) < 4.78 is 5.49. The van der Waals surface area contributed by atoms with Gasteiger partial charge in [0.2, 0.25) is 11.8 Å². The third kappa shape index (κ3) is 3.86. The Morgan fingerprint density at radius 3 is 2.36 bits per heavy atom. The number of likely N-dealkylation sites (N-methyl/N-ethyl adjacent to an activating group) is 1. The van der Waals surface area contributed by atoms with E-state index in [1.165, 1.54) is 39.0 Å². The SMILES string of the molecule is Cc1nnc(CN2CCC(C(C)N3CCN(C)CC3)CC2)o1. The van der Waals surface area contributed by atoms with Gasteiger partial charge >= 0.3 is 0 Å². The molecule has 3 heterocycles. The molecule has 2 aliphatic heterocycles. The fourth-order valence-corrected chi connectivity index (χ4v) is 3.71. The van der Waals surface area contributed by atoms with Crippen LogP contribution < -0.4 is 0 Å². The lowest BCUT2D eigenvalue weighted by atomic mass is 9.89. The fourth-order valence-electron chi connectivity index (χ4n) is 3.71. The predicted octanol–water partition coefficient (Wildman–Crippen LogP) is 1.23. The van der Waals surface area contributed by atoms with Gasteiger partial charge in [-0.2, -0.15) is 0 Å². The molecule has 2 saturated heterocycles. The Morgan fingerprint density at radius 2 is 1.77 bits per heavy atom. The topological polar surface area (TPSA) is 48.6 Å². The molecule has 6 heteroatoms. The van der Waals surface area contributed by atoms with Gasteiger partial charge in [-0.05, 0) is 45.8 Å². The van der Waals surface area contributed by atoms with E-state index >= 15 is 0 Å². The monoisotopic (exact) mass is 307 g/mol. The highest BCUT2D eigenvalue weighted by Gasteiger charge is 2.29. The summed E-state index contributed by atoms with van der Waals surface area (Å²) in [5, 5.41) is 8.01. The van der Waals surface area contributed by atoms with Crippen LogP contribution in [0.5, 0.6) is 0 Å². The number of piperazine rings is 1. The van der Waals surface area contributed by atoms with E-state index in [0.717, 1.165) is 31.4 Å². The van der Waals surface area contributed by atoms with Crippen molar-refractivity contribution in [2.75, 3.05) is 46.3 Å². The Labute approximate surface area is 133 Å². The van der Waals surface area contributed by atoms with Crippen molar-refractivity contribution in [2.45, 2.75) is 39.3 Å². The molecule has 6 nitrogen and oxygen atoms in total. The van der Waals surface area contributed by atoms with Crippen LogP contribution in [0, 0.1) is 12.8 Å². The highest BCUT2D eigenvalue weighted by Crippen LogP contribution is 2.25. The Kier molecular flexibility index (Phi) is 5.10. The lowest BCUT2D eigenvalue weighted by Crippen LogP contribution is -2.51. The summed E-state index contributed by atoms with van der Waals surface area (Å²) in [5.74, 6) is 2.24. The Balaban J connectivity index is 1.45. The maximum absolute atomic E-state index is 5.49. The molecule has 0 spiro atoms. The molecule has 0 radical (unpaired) electrons. The zero-order chi connectivity index (χ0) is 15.5. The maximum Gasteiger partial charge on any atom is 0.230 e. The molecule has 1 atom stereocenters. The molecule has 3 rings (SSSR count). The Hall–Kier alpha value is -0.980. The summed E-state index contributed by atoms with van der Waals surface area (Å²) >= 11 is 0. The molecule has 0 bridgehead atoms. The lowest BCUT2D eigenvalue weighted by Gasteiger charge is -2.42. The van der Waals surface area contributed by atoms with Gasteiger partial charge in [-0.1, -0.05) is 0 Å². The van der Waals surface area contributed by atoms with Crippen molar-refractivity contribution in [1.82, 2.24) is 24.9 Å². The molecule has 1 unspecified atom stereocenters. The Morgan fingerprint density at radius 1 is 1.09 bits per heavy atom. The van der Waals surface area contributed by atoms with E-state index in [1.807, 2.05) is 6.92 Å². The molecule has 0 saturated carbocycles. The van der Waals surface area contributed by atoms with Crippen LogP contribution in [0.25, 0.3) is 0 Å². The van der Waals surface area contributed by atoms with E-state index in [4.69, 9.17) is 4.42 Å². The van der Waals surface area contributed by atoms with Crippen molar-refractivity contribution in [3.63, 3.8) is 0 Å². The minimum Gasteiger partial charge on any atom is -0.424 e. The average Bonchev–Trinajstić information content (AvgIpc) is 2.93. The van der Waals surface area contributed by atoms with Gasteiger partial charge < -0.3 is 9.32 Å². The van der Waals surface area contributed by atoms with Crippen molar-refractivity contribution in [2.24, 2.45) is 5.92 Å². The smallest absolute Gasteiger partial charge is 0.230 e. The highest BCUT2D eigenvalue weighted by molar-refractivity contribution is 4.86. The zero-order valence-corrected chi connectivity index (χ0v) is 14.2. The first kappa shape index (κ1) is 15.9. The second kappa shape index (κ2) is 7.06. The normalized spacial score (nSPS) is 24.7. The lowest BCUT2D eigenvalue weighted by molar-refractivity contribution is 0.0580. The summed E-state index contributed by atoms with van der Waals surface area (Å²) in [7, 11) is 2.22. The molecule has 1 aromatic rings. The summed E-state index contributed by atoms with van der Waals surface area (Å²) in [5.41, 5.74) is 0. The highest BCUT2D eigenvalue weighted by atomic mass is 16.4. The van der Waals surface area contributed by atoms with Crippen LogP contribution in [0.1, 0.15) is 31.5 Å². The first-order chi connectivity index (χ1) is 10.6. The van der Waals surface area contributed by atoms with Crippen molar-refractivity contribution >= 4 is 0 Å². The van der Waals surface area contributed by atoms with Gasteiger partial charge in [-0.25, -0.2) is 0 Å². The van der Waals surface area contributed by atoms with Crippen molar-refractivity contribution in [1.29, 1.82) is 0 Å². The molecular weight excluding hydrogens is 278 g/mol. The largest absolute Gasteiger partial charge is 0.424 e. The van der Waals surface area contributed by atoms with Crippen molar-refractivity contribution in [3.8, 4) is 0 Å². The van der Waals surface area contributed by atoms with Crippen LogP contribution in [0.4, 0.5) is 0 Å². The van der Waals surface area contributed by atoms with E-state index in [9.17, 15) is 0 Å². The molecule has 2 aliphatic rings. The minimum absolute atomic E-state index is 0.661. The molecule has 0 amide bonds. The van der Waals surface area contributed by atoms with Crippen LogP contribution in [0.3, 0.4) is 0 Å². The molecule has 2 fully saturated rings. The molecule has 22 heavy (non-hydrogen) atoms. The summed E-state index contributed by atoms with van der Waals surface area (Å²) in [6.45, 7) is 12.2. The number of piperidine rings is 1. The van der Waals surface area contributed by atoms with Gasteiger partial charge in [0.25, 0.3) is 0 Å². The van der Waals surface area contributed by atoms with Crippen molar-refractivity contribution in [3.05, 3.63) is 11.8 Å². The number of hydrogen-bond acceptors (Lipinski definition) is 6. The first-order valence-electron chi connectivity index (χ1n) is 8.56. The number of aryl methyl sites for hydroxylation is 1. The quantitative estimate of drug-likeness (QED) is 0.834. The standard InChI is InChI=1S/C16H29N5O/c1-13(21-10-8-19(3)9-11-21)15-4-6-20(7-5-15)12-16-18-17-14(2)22-16/h13,15H,4-12H2,1-3H3.